The molecular formula is C26H30N6O3. The highest BCUT2D eigenvalue weighted by molar-refractivity contribution is 5.80. The van der Waals surface area contributed by atoms with E-state index in [1.807, 2.05) is 28.9 Å². The van der Waals surface area contributed by atoms with Crippen molar-refractivity contribution in [3.63, 3.8) is 0 Å². The third kappa shape index (κ3) is 5.58. The average Bonchev–Trinajstić information content (AvgIpc) is 3.53. The van der Waals surface area contributed by atoms with Gasteiger partial charge in [-0.1, -0.05) is 29.8 Å². The third-order valence-electron chi connectivity index (χ3n) is 6.42. The molecule has 0 aliphatic carbocycles. The van der Waals surface area contributed by atoms with Crippen LogP contribution in [0.2, 0.25) is 0 Å². The first-order valence-electron chi connectivity index (χ1n) is 11.9. The fourth-order valence-corrected chi connectivity index (χ4v) is 4.49. The lowest BCUT2D eigenvalue weighted by atomic mass is 10.1. The van der Waals surface area contributed by atoms with E-state index >= 15 is 0 Å². The van der Waals surface area contributed by atoms with Crippen molar-refractivity contribution in [2.75, 3.05) is 13.7 Å². The van der Waals surface area contributed by atoms with Gasteiger partial charge in [0, 0.05) is 36.2 Å². The van der Waals surface area contributed by atoms with Gasteiger partial charge in [0.25, 0.3) is 5.56 Å². The monoisotopic (exact) mass is 474 g/mol. The summed E-state index contributed by atoms with van der Waals surface area (Å²) in [6.45, 7) is 5.10. The highest BCUT2D eigenvalue weighted by Gasteiger charge is 2.21. The van der Waals surface area contributed by atoms with E-state index in [-0.39, 0.29) is 11.7 Å². The first-order chi connectivity index (χ1) is 17.1. The number of H-pyrrole nitrogens is 1. The Kier molecular flexibility index (Phi) is 6.87. The molecule has 182 valence electrons. The van der Waals surface area contributed by atoms with Crippen LogP contribution in [0.4, 0.5) is 0 Å². The molecule has 1 atom stereocenters. The van der Waals surface area contributed by atoms with Crippen molar-refractivity contribution >= 4 is 10.9 Å². The number of rotatable bonds is 9. The van der Waals surface area contributed by atoms with Gasteiger partial charge < -0.3 is 14.5 Å². The van der Waals surface area contributed by atoms with Crippen LogP contribution in [0.1, 0.15) is 35.4 Å². The molecule has 5 rings (SSSR count). The topological polar surface area (TPSA) is 98.2 Å². The fourth-order valence-electron chi connectivity index (χ4n) is 4.49. The van der Waals surface area contributed by atoms with Crippen LogP contribution in [-0.4, -0.2) is 49.9 Å². The fraction of sp³-hybridized carbons (Fsp3) is 0.385. The number of aromatic nitrogens is 5. The lowest BCUT2D eigenvalue weighted by Crippen LogP contribution is -2.29. The van der Waals surface area contributed by atoms with E-state index in [1.54, 1.807) is 7.11 Å². The van der Waals surface area contributed by atoms with Gasteiger partial charge in [-0.25, -0.2) is 4.68 Å². The molecule has 0 unspecified atom stereocenters. The maximum Gasteiger partial charge on any atom is 0.252 e. The molecule has 0 saturated carbocycles. The molecule has 0 spiro atoms. The van der Waals surface area contributed by atoms with Crippen molar-refractivity contribution in [2.45, 2.75) is 52.0 Å². The van der Waals surface area contributed by atoms with Gasteiger partial charge in [-0.15, -0.1) is 5.10 Å². The predicted molar refractivity (Wildman–Crippen MR) is 132 cm³/mol. The lowest BCUT2D eigenvalue weighted by Gasteiger charge is -2.22. The number of nitrogens with zero attached hydrogens (tertiary/aromatic N) is 5. The molecule has 1 fully saturated rings. The first-order valence-corrected chi connectivity index (χ1v) is 11.9. The number of fused-ring (bicyclic) bond motifs is 1. The predicted octanol–water partition coefficient (Wildman–Crippen LogP) is 3.21. The van der Waals surface area contributed by atoms with Gasteiger partial charge in [-0.2, -0.15) is 0 Å². The van der Waals surface area contributed by atoms with Crippen molar-refractivity contribution in [3.05, 3.63) is 81.4 Å². The molecule has 35 heavy (non-hydrogen) atoms. The van der Waals surface area contributed by atoms with Crippen LogP contribution in [0.25, 0.3) is 10.9 Å². The van der Waals surface area contributed by atoms with Gasteiger partial charge in [0.2, 0.25) is 0 Å². The number of pyridine rings is 1. The summed E-state index contributed by atoms with van der Waals surface area (Å²) in [4.78, 5) is 18.1. The number of nitrogens with one attached hydrogen (secondary N) is 1. The number of tetrazole rings is 1. The van der Waals surface area contributed by atoms with E-state index in [2.05, 4.69) is 56.6 Å². The zero-order chi connectivity index (χ0) is 24.2. The number of hydrogen-bond donors (Lipinski definition) is 1. The number of methoxy groups -OCH3 is 1. The minimum Gasteiger partial charge on any atom is -0.497 e. The molecule has 9 nitrogen and oxygen atoms in total. The molecule has 1 aliphatic rings. The molecule has 0 radical (unpaired) electrons. The smallest absolute Gasteiger partial charge is 0.252 e. The van der Waals surface area contributed by atoms with Gasteiger partial charge in [0.1, 0.15) is 5.75 Å². The summed E-state index contributed by atoms with van der Waals surface area (Å²) in [5.41, 5.74) is 3.73. The summed E-state index contributed by atoms with van der Waals surface area (Å²) >= 11 is 0. The van der Waals surface area contributed by atoms with E-state index in [0.717, 1.165) is 47.5 Å². The largest absolute Gasteiger partial charge is 0.497 e. The molecule has 1 saturated heterocycles. The molecule has 1 N–H and O–H groups in total. The van der Waals surface area contributed by atoms with E-state index in [4.69, 9.17) is 9.47 Å². The number of hydrogen-bond acceptors (Lipinski definition) is 7. The van der Waals surface area contributed by atoms with Crippen LogP contribution in [0.3, 0.4) is 0 Å². The van der Waals surface area contributed by atoms with Crippen molar-refractivity contribution in [3.8, 4) is 5.75 Å². The maximum absolute atomic E-state index is 12.9. The van der Waals surface area contributed by atoms with Crippen LogP contribution >= 0.6 is 0 Å². The van der Waals surface area contributed by atoms with Gasteiger partial charge in [0.05, 0.1) is 26.3 Å². The Labute approximate surface area is 203 Å². The van der Waals surface area contributed by atoms with Crippen LogP contribution in [-0.2, 0) is 30.9 Å². The van der Waals surface area contributed by atoms with Crippen LogP contribution in [0.15, 0.2) is 53.3 Å². The third-order valence-corrected chi connectivity index (χ3v) is 6.42. The maximum atomic E-state index is 12.9. The van der Waals surface area contributed by atoms with Gasteiger partial charge in [0.15, 0.2) is 5.82 Å². The Bertz CT molecular complexity index is 1340. The highest BCUT2D eigenvalue weighted by atomic mass is 16.5. The second kappa shape index (κ2) is 10.4. The number of aromatic amines is 1. The Morgan fingerprint density at radius 1 is 1.14 bits per heavy atom. The first kappa shape index (κ1) is 23.2. The van der Waals surface area contributed by atoms with Crippen LogP contribution in [0, 0.1) is 6.92 Å². The molecule has 2 aromatic heterocycles. The average molecular weight is 475 g/mol. The van der Waals surface area contributed by atoms with Crippen molar-refractivity contribution in [2.24, 2.45) is 0 Å². The molecule has 1 aliphatic heterocycles. The minimum atomic E-state index is -0.101. The minimum absolute atomic E-state index is 0.101. The number of ether oxygens (including phenoxy) is 2. The Balaban J connectivity index is 1.43. The summed E-state index contributed by atoms with van der Waals surface area (Å²) in [5.74, 6) is 1.51. The quantitative estimate of drug-likeness (QED) is 0.398. The van der Waals surface area contributed by atoms with E-state index in [1.165, 1.54) is 5.56 Å². The molecule has 0 bridgehead atoms. The highest BCUT2D eigenvalue weighted by Crippen LogP contribution is 2.20. The van der Waals surface area contributed by atoms with E-state index < -0.39 is 0 Å². The van der Waals surface area contributed by atoms with E-state index in [0.29, 0.717) is 31.7 Å². The van der Waals surface area contributed by atoms with Crippen LogP contribution < -0.4 is 10.3 Å². The molecule has 4 aromatic rings. The Hall–Kier alpha value is -3.56. The van der Waals surface area contributed by atoms with Crippen molar-refractivity contribution < 1.29 is 9.47 Å². The van der Waals surface area contributed by atoms with Gasteiger partial charge >= 0.3 is 0 Å². The molecule has 9 heteroatoms. The van der Waals surface area contributed by atoms with E-state index in [9.17, 15) is 4.79 Å². The Morgan fingerprint density at radius 2 is 2.00 bits per heavy atom. The summed E-state index contributed by atoms with van der Waals surface area (Å²) in [5, 5.41) is 13.3. The molecule has 2 aromatic carbocycles. The summed E-state index contributed by atoms with van der Waals surface area (Å²) < 4.78 is 13.0. The zero-order valence-electron chi connectivity index (χ0n) is 20.1. The summed E-state index contributed by atoms with van der Waals surface area (Å²) in [6.07, 6.45) is 2.22. The molecule has 3 heterocycles. The van der Waals surface area contributed by atoms with Gasteiger partial charge in [-0.05, 0) is 60.0 Å². The van der Waals surface area contributed by atoms with Crippen LogP contribution in [0.5, 0.6) is 5.75 Å². The standard InChI is InChI=1S/C26H30N6O3/c1-18-5-7-19(8-6-18)14-31(17-25-28-29-30-32(25)16-23-4-3-11-35-23)15-21-12-20-13-22(34-2)9-10-24(20)27-26(21)33/h5-10,12-13,23H,3-4,11,14-17H2,1-2H3,(H,27,33)/t23-/m1/s1. The lowest BCUT2D eigenvalue weighted by molar-refractivity contribution is 0.0914. The molecule has 0 amide bonds. The summed E-state index contributed by atoms with van der Waals surface area (Å²) in [7, 11) is 1.64. The Morgan fingerprint density at radius 3 is 2.77 bits per heavy atom. The second-order valence-electron chi connectivity index (χ2n) is 9.12. The summed E-state index contributed by atoms with van der Waals surface area (Å²) in [6, 6.07) is 16.0. The normalized spacial score (nSPS) is 15.8. The number of aryl methyl sites for hydroxylation is 1. The number of benzene rings is 2. The van der Waals surface area contributed by atoms with Gasteiger partial charge in [-0.3, -0.25) is 9.69 Å². The zero-order valence-corrected chi connectivity index (χ0v) is 20.1. The second-order valence-corrected chi connectivity index (χ2v) is 9.12. The van der Waals surface area contributed by atoms with Crippen molar-refractivity contribution in [1.82, 2.24) is 30.1 Å². The molecular weight excluding hydrogens is 444 g/mol. The SMILES string of the molecule is COc1ccc2[nH]c(=O)c(CN(Cc3ccc(C)cc3)Cc3nnnn3C[C@H]3CCCO3)cc2c1. The van der Waals surface area contributed by atoms with Crippen molar-refractivity contribution in [1.29, 1.82) is 0 Å².